The normalized spacial score (nSPS) is 23.7. The lowest BCUT2D eigenvalue weighted by Gasteiger charge is -2.36. The fraction of sp³-hybridized carbons (Fsp3) is 0.579. The number of methoxy groups -OCH3 is 1. The number of morpholine rings is 1. The molecule has 0 radical (unpaired) electrons. The molecule has 0 saturated carbocycles. The maximum Gasteiger partial charge on any atom is 0.254 e. The quantitative estimate of drug-likeness (QED) is 0.801. The number of hydrogen-bond donors (Lipinski definition) is 0. The van der Waals surface area contributed by atoms with E-state index in [9.17, 15) is 9.59 Å². The van der Waals surface area contributed by atoms with Crippen molar-refractivity contribution in [2.45, 2.75) is 38.0 Å². The summed E-state index contributed by atoms with van der Waals surface area (Å²) in [4.78, 5) is 28.7. The van der Waals surface area contributed by atoms with Crippen LogP contribution < -0.4 is 0 Å². The molecule has 0 bridgehead atoms. The molecule has 6 heteroatoms. The highest BCUT2D eigenvalue weighted by Gasteiger charge is 2.46. The van der Waals surface area contributed by atoms with E-state index in [1.165, 1.54) is 12.7 Å². The largest absolute Gasteiger partial charge is 0.369 e. The second kappa shape index (κ2) is 7.14. The Kier molecular flexibility index (Phi) is 5.11. The van der Waals surface area contributed by atoms with Gasteiger partial charge in [-0.05, 0) is 25.8 Å². The van der Waals surface area contributed by atoms with E-state index in [1.807, 2.05) is 23.1 Å². The van der Waals surface area contributed by atoms with E-state index in [1.54, 1.807) is 18.7 Å². The summed E-state index contributed by atoms with van der Waals surface area (Å²) in [5, 5.41) is 0. The molecule has 0 unspecified atom stereocenters. The standard InChI is InChI=1S/C19H26N2O4/c1-19(2,24-3)18(23)20-11-15-16(12-20)25-13-17(22)21(15)10-9-14-7-5-4-6-8-14/h4-8,15-16H,9-13H2,1-3H3/t15-,16-/m0/s1. The molecule has 3 rings (SSSR count). The Labute approximate surface area is 148 Å². The third-order valence-electron chi connectivity index (χ3n) is 5.18. The van der Waals surface area contributed by atoms with Crippen LogP contribution in [0.3, 0.4) is 0 Å². The third-order valence-corrected chi connectivity index (χ3v) is 5.18. The van der Waals surface area contributed by atoms with E-state index < -0.39 is 5.60 Å². The molecular formula is C19H26N2O4. The van der Waals surface area contributed by atoms with Gasteiger partial charge in [0.1, 0.15) is 12.2 Å². The van der Waals surface area contributed by atoms with Crippen molar-refractivity contribution in [1.82, 2.24) is 9.80 Å². The summed E-state index contributed by atoms with van der Waals surface area (Å²) >= 11 is 0. The number of benzene rings is 1. The van der Waals surface area contributed by atoms with Gasteiger partial charge in [-0.1, -0.05) is 30.3 Å². The minimum atomic E-state index is -0.869. The average Bonchev–Trinajstić information content (AvgIpc) is 3.05. The molecule has 0 spiro atoms. The molecule has 0 aliphatic carbocycles. The van der Waals surface area contributed by atoms with Gasteiger partial charge in [0.2, 0.25) is 5.91 Å². The van der Waals surface area contributed by atoms with Gasteiger partial charge in [0.25, 0.3) is 5.91 Å². The Bertz CT molecular complexity index is 632. The van der Waals surface area contributed by atoms with Gasteiger partial charge in [0, 0.05) is 26.7 Å². The molecule has 2 aliphatic heterocycles. The third kappa shape index (κ3) is 3.70. The van der Waals surface area contributed by atoms with E-state index in [2.05, 4.69) is 12.1 Å². The Hall–Kier alpha value is -1.92. The predicted molar refractivity (Wildman–Crippen MR) is 93.1 cm³/mol. The van der Waals surface area contributed by atoms with Crippen LogP contribution >= 0.6 is 0 Å². The lowest BCUT2D eigenvalue weighted by molar-refractivity contribution is -0.152. The first-order valence-electron chi connectivity index (χ1n) is 8.72. The number of carbonyl (C=O) groups excluding carboxylic acids is 2. The summed E-state index contributed by atoms with van der Waals surface area (Å²) < 4.78 is 11.0. The van der Waals surface area contributed by atoms with E-state index in [0.29, 0.717) is 19.6 Å². The van der Waals surface area contributed by atoms with E-state index >= 15 is 0 Å². The van der Waals surface area contributed by atoms with Crippen LogP contribution in [0.4, 0.5) is 0 Å². The fourth-order valence-electron chi connectivity index (χ4n) is 3.48. The zero-order valence-corrected chi connectivity index (χ0v) is 15.1. The van der Waals surface area contributed by atoms with Gasteiger partial charge in [-0.3, -0.25) is 9.59 Å². The molecule has 0 aromatic heterocycles. The number of amides is 2. The van der Waals surface area contributed by atoms with E-state index in [-0.39, 0.29) is 30.6 Å². The van der Waals surface area contributed by atoms with Gasteiger partial charge < -0.3 is 19.3 Å². The zero-order chi connectivity index (χ0) is 18.0. The van der Waals surface area contributed by atoms with Gasteiger partial charge in [0.05, 0.1) is 12.1 Å². The number of ether oxygens (including phenoxy) is 2. The minimum Gasteiger partial charge on any atom is -0.369 e. The second-order valence-corrected chi connectivity index (χ2v) is 7.16. The Morgan fingerprint density at radius 3 is 2.68 bits per heavy atom. The maximum absolute atomic E-state index is 12.7. The van der Waals surface area contributed by atoms with Gasteiger partial charge in [-0.25, -0.2) is 0 Å². The Morgan fingerprint density at radius 1 is 1.28 bits per heavy atom. The van der Waals surface area contributed by atoms with Gasteiger partial charge in [-0.2, -0.15) is 0 Å². The number of hydrogen-bond acceptors (Lipinski definition) is 4. The first-order valence-corrected chi connectivity index (χ1v) is 8.72. The van der Waals surface area contributed by atoms with Crippen LogP contribution in [0.1, 0.15) is 19.4 Å². The molecule has 25 heavy (non-hydrogen) atoms. The van der Waals surface area contributed by atoms with Crippen LogP contribution in [-0.2, 0) is 25.5 Å². The minimum absolute atomic E-state index is 0.00233. The molecule has 0 N–H and O–H groups in total. The van der Waals surface area contributed by atoms with Crippen molar-refractivity contribution in [1.29, 1.82) is 0 Å². The van der Waals surface area contributed by atoms with Crippen LogP contribution in [0, 0.1) is 0 Å². The van der Waals surface area contributed by atoms with Crippen LogP contribution in [0.15, 0.2) is 30.3 Å². The highest BCUT2D eigenvalue weighted by atomic mass is 16.5. The van der Waals surface area contributed by atoms with Crippen molar-refractivity contribution in [3.05, 3.63) is 35.9 Å². The zero-order valence-electron chi connectivity index (χ0n) is 15.1. The molecule has 2 saturated heterocycles. The van der Waals surface area contributed by atoms with Crippen LogP contribution in [0.5, 0.6) is 0 Å². The maximum atomic E-state index is 12.7. The SMILES string of the molecule is COC(C)(C)C(=O)N1C[C@@H]2OCC(=O)N(CCc3ccccc3)[C@H]2C1. The summed E-state index contributed by atoms with van der Waals surface area (Å²) in [6, 6.07) is 10.0. The lowest BCUT2D eigenvalue weighted by atomic mass is 10.1. The summed E-state index contributed by atoms with van der Waals surface area (Å²) in [6.07, 6.45) is 0.679. The second-order valence-electron chi connectivity index (χ2n) is 7.16. The Balaban J connectivity index is 1.68. The van der Waals surface area contributed by atoms with E-state index in [0.717, 1.165) is 6.42 Å². The molecule has 136 valence electrons. The molecule has 2 heterocycles. The van der Waals surface area contributed by atoms with Gasteiger partial charge in [-0.15, -0.1) is 0 Å². The van der Waals surface area contributed by atoms with Crippen molar-refractivity contribution in [3.8, 4) is 0 Å². The van der Waals surface area contributed by atoms with Gasteiger partial charge >= 0.3 is 0 Å². The molecule has 2 fully saturated rings. The van der Waals surface area contributed by atoms with E-state index in [4.69, 9.17) is 9.47 Å². The van der Waals surface area contributed by atoms with Crippen LogP contribution in [0.2, 0.25) is 0 Å². The van der Waals surface area contributed by atoms with Crippen molar-refractivity contribution in [2.24, 2.45) is 0 Å². The summed E-state index contributed by atoms with van der Waals surface area (Å²) in [7, 11) is 1.53. The number of fused-ring (bicyclic) bond motifs is 1. The molecule has 6 nitrogen and oxygen atoms in total. The molecule has 1 aromatic rings. The van der Waals surface area contributed by atoms with Crippen LogP contribution in [0.25, 0.3) is 0 Å². The smallest absolute Gasteiger partial charge is 0.254 e. The monoisotopic (exact) mass is 346 g/mol. The summed E-state index contributed by atoms with van der Waals surface area (Å²) in [6.45, 7) is 5.25. The highest BCUT2D eigenvalue weighted by Crippen LogP contribution is 2.26. The van der Waals surface area contributed by atoms with Crippen molar-refractivity contribution < 1.29 is 19.1 Å². The fourth-order valence-corrected chi connectivity index (χ4v) is 3.48. The average molecular weight is 346 g/mol. The van der Waals surface area contributed by atoms with Crippen LogP contribution in [-0.4, -0.2) is 72.7 Å². The number of carbonyl (C=O) groups is 2. The summed E-state index contributed by atoms with van der Waals surface area (Å²) in [5.41, 5.74) is 0.330. The highest BCUT2D eigenvalue weighted by molar-refractivity contribution is 5.85. The molecule has 1 aromatic carbocycles. The molecule has 2 atom stereocenters. The first-order chi connectivity index (χ1) is 11.9. The number of nitrogens with zero attached hydrogens (tertiary/aromatic N) is 2. The van der Waals surface area contributed by atoms with Crippen molar-refractivity contribution >= 4 is 11.8 Å². The molecule has 2 aliphatic rings. The lowest BCUT2D eigenvalue weighted by Crippen LogP contribution is -2.54. The topological polar surface area (TPSA) is 59.1 Å². The van der Waals surface area contributed by atoms with Crippen molar-refractivity contribution in [2.75, 3.05) is 33.4 Å². The van der Waals surface area contributed by atoms with Gasteiger partial charge in [0.15, 0.2) is 0 Å². The molecular weight excluding hydrogens is 320 g/mol. The Morgan fingerprint density at radius 2 is 2.00 bits per heavy atom. The van der Waals surface area contributed by atoms with Crippen molar-refractivity contribution in [3.63, 3.8) is 0 Å². The summed E-state index contributed by atoms with van der Waals surface area (Å²) in [5.74, 6) is -0.0686. The predicted octanol–water partition coefficient (Wildman–Crippen LogP) is 1.09. The molecule has 2 amide bonds. The number of rotatable bonds is 5. The first kappa shape index (κ1) is 17.9. The number of likely N-dealkylation sites (tertiary alicyclic amines) is 1.